The number of rotatable bonds is 3. The first-order valence-electron chi connectivity index (χ1n) is 9.59. The molecule has 136 valence electrons. The van der Waals surface area contributed by atoms with E-state index < -0.39 is 5.60 Å². The van der Waals surface area contributed by atoms with Crippen LogP contribution < -0.4 is 10.8 Å². The SMILES string of the molecule is CC1(C)OB(c2cccc(CC3(O)CC4CCC(C3)N4)c2)OC1(C)C. The molecule has 0 saturated carbocycles. The maximum atomic E-state index is 11.1. The fraction of sp³-hybridized carbons (Fsp3) is 0.700. The quantitative estimate of drug-likeness (QED) is 0.826. The van der Waals surface area contributed by atoms with Crippen molar-refractivity contribution < 1.29 is 14.4 Å². The lowest BCUT2D eigenvalue weighted by molar-refractivity contribution is -0.00607. The normalized spacial score (nSPS) is 36.0. The summed E-state index contributed by atoms with van der Waals surface area (Å²) in [6.45, 7) is 8.30. The van der Waals surface area contributed by atoms with Crippen LogP contribution in [0.5, 0.6) is 0 Å². The van der Waals surface area contributed by atoms with Gasteiger partial charge in [-0.3, -0.25) is 0 Å². The molecule has 4 rings (SSSR count). The first-order chi connectivity index (χ1) is 11.7. The highest BCUT2D eigenvalue weighted by atomic mass is 16.7. The van der Waals surface area contributed by atoms with Crippen LogP contribution in [-0.4, -0.2) is 41.1 Å². The molecule has 3 aliphatic heterocycles. The third kappa shape index (κ3) is 3.28. The van der Waals surface area contributed by atoms with E-state index in [-0.39, 0.29) is 18.3 Å². The average Bonchev–Trinajstić information content (AvgIpc) is 2.95. The molecule has 0 radical (unpaired) electrons. The van der Waals surface area contributed by atoms with Crippen LogP contribution in [0.1, 0.15) is 58.9 Å². The Balaban J connectivity index is 1.51. The Morgan fingerprint density at radius 2 is 1.68 bits per heavy atom. The molecule has 2 unspecified atom stereocenters. The molecule has 2 atom stereocenters. The molecule has 3 aliphatic rings. The molecule has 3 saturated heterocycles. The highest BCUT2D eigenvalue weighted by molar-refractivity contribution is 6.62. The van der Waals surface area contributed by atoms with Crippen molar-refractivity contribution in [3.63, 3.8) is 0 Å². The van der Waals surface area contributed by atoms with Gasteiger partial charge in [-0.15, -0.1) is 0 Å². The Bertz CT molecular complexity index is 632. The summed E-state index contributed by atoms with van der Waals surface area (Å²) < 4.78 is 12.3. The first kappa shape index (κ1) is 17.5. The van der Waals surface area contributed by atoms with Crippen molar-refractivity contribution in [2.45, 2.75) is 88.7 Å². The molecular formula is C20H30BNO3. The molecule has 0 amide bonds. The average molecular weight is 343 g/mol. The smallest absolute Gasteiger partial charge is 0.399 e. The highest BCUT2D eigenvalue weighted by Crippen LogP contribution is 2.37. The van der Waals surface area contributed by atoms with Gasteiger partial charge in [-0.1, -0.05) is 24.3 Å². The van der Waals surface area contributed by atoms with Crippen LogP contribution >= 0.6 is 0 Å². The Labute approximate surface area is 151 Å². The fourth-order valence-electron chi connectivity index (χ4n) is 4.58. The molecule has 1 aromatic carbocycles. The summed E-state index contributed by atoms with van der Waals surface area (Å²) in [5, 5.41) is 14.7. The Morgan fingerprint density at radius 1 is 1.08 bits per heavy atom. The van der Waals surface area contributed by atoms with Gasteiger partial charge < -0.3 is 19.7 Å². The van der Waals surface area contributed by atoms with Crippen LogP contribution in [0.15, 0.2) is 24.3 Å². The largest absolute Gasteiger partial charge is 0.494 e. The van der Waals surface area contributed by atoms with Crippen molar-refractivity contribution in [1.82, 2.24) is 5.32 Å². The molecule has 0 spiro atoms. The van der Waals surface area contributed by atoms with E-state index in [1.165, 1.54) is 12.8 Å². The number of aliphatic hydroxyl groups is 1. The zero-order valence-corrected chi connectivity index (χ0v) is 15.8. The molecule has 0 aromatic heterocycles. The first-order valence-corrected chi connectivity index (χ1v) is 9.59. The maximum absolute atomic E-state index is 11.1. The number of hydrogen-bond donors (Lipinski definition) is 2. The lowest BCUT2D eigenvalue weighted by Crippen LogP contribution is -2.49. The highest BCUT2D eigenvalue weighted by Gasteiger charge is 2.51. The molecule has 4 nitrogen and oxygen atoms in total. The summed E-state index contributed by atoms with van der Waals surface area (Å²) in [7, 11) is -0.344. The molecule has 0 aliphatic carbocycles. The predicted octanol–water partition coefficient (Wildman–Crippen LogP) is 2.17. The van der Waals surface area contributed by atoms with Crippen LogP contribution in [0.4, 0.5) is 0 Å². The van der Waals surface area contributed by atoms with E-state index in [9.17, 15) is 5.11 Å². The second-order valence-electron chi connectivity index (χ2n) is 9.28. The minimum atomic E-state index is -0.592. The van der Waals surface area contributed by atoms with Crippen molar-refractivity contribution in [2.24, 2.45) is 0 Å². The summed E-state index contributed by atoms with van der Waals surface area (Å²) in [5.74, 6) is 0. The molecule has 25 heavy (non-hydrogen) atoms. The second kappa shape index (κ2) is 5.81. The van der Waals surface area contributed by atoms with Crippen molar-refractivity contribution in [1.29, 1.82) is 0 Å². The van der Waals surface area contributed by atoms with E-state index in [2.05, 4.69) is 57.3 Å². The van der Waals surface area contributed by atoms with Gasteiger partial charge in [0.05, 0.1) is 16.8 Å². The van der Waals surface area contributed by atoms with Gasteiger partial charge in [0.25, 0.3) is 0 Å². The lowest BCUT2D eigenvalue weighted by Gasteiger charge is -2.37. The van der Waals surface area contributed by atoms with E-state index in [1.807, 2.05) is 0 Å². The summed E-state index contributed by atoms with van der Waals surface area (Å²) in [6.07, 6.45) is 4.80. The van der Waals surface area contributed by atoms with Crippen LogP contribution in [0.2, 0.25) is 0 Å². The van der Waals surface area contributed by atoms with Gasteiger partial charge in [-0.05, 0) is 64.4 Å². The summed E-state index contributed by atoms with van der Waals surface area (Å²) in [6, 6.07) is 9.32. The third-order valence-corrected chi connectivity index (χ3v) is 6.60. The Kier molecular flexibility index (Phi) is 4.08. The van der Waals surface area contributed by atoms with Crippen LogP contribution in [0.3, 0.4) is 0 Å². The minimum Gasteiger partial charge on any atom is -0.399 e. The van der Waals surface area contributed by atoms with Gasteiger partial charge in [0, 0.05) is 18.5 Å². The standard InChI is InChI=1S/C20H30BNO3/c1-18(2)19(3,4)25-21(24-18)15-7-5-6-14(10-15)11-20(23)12-16-8-9-17(13-20)22-16/h5-7,10,16-17,22-23H,8-9,11-13H2,1-4H3. The molecule has 1 aromatic rings. The van der Waals surface area contributed by atoms with Crippen LogP contribution in [-0.2, 0) is 15.7 Å². The number of nitrogens with one attached hydrogen (secondary N) is 1. The molecule has 5 heteroatoms. The fourth-order valence-corrected chi connectivity index (χ4v) is 4.58. The third-order valence-electron chi connectivity index (χ3n) is 6.60. The van der Waals surface area contributed by atoms with Crippen molar-refractivity contribution in [3.8, 4) is 0 Å². The van der Waals surface area contributed by atoms with Gasteiger partial charge in [0.2, 0.25) is 0 Å². The van der Waals surface area contributed by atoms with Crippen molar-refractivity contribution in [2.75, 3.05) is 0 Å². The van der Waals surface area contributed by atoms with E-state index in [4.69, 9.17) is 9.31 Å². The minimum absolute atomic E-state index is 0.333. The Hall–Kier alpha value is -0.875. The predicted molar refractivity (Wildman–Crippen MR) is 100.0 cm³/mol. The monoisotopic (exact) mass is 343 g/mol. The summed E-state index contributed by atoms with van der Waals surface area (Å²) >= 11 is 0. The van der Waals surface area contributed by atoms with E-state index in [0.29, 0.717) is 18.5 Å². The van der Waals surface area contributed by atoms with E-state index in [0.717, 1.165) is 23.9 Å². The zero-order chi connectivity index (χ0) is 17.9. The zero-order valence-electron chi connectivity index (χ0n) is 15.8. The molecule has 2 N–H and O–H groups in total. The second-order valence-corrected chi connectivity index (χ2v) is 9.28. The van der Waals surface area contributed by atoms with Crippen LogP contribution in [0.25, 0.3) is 0 Å². The van der Waals surface area contributed by atoms with Gasteiger partial charge in [0.15, 0.2) is 0 Å². The molecule has 3 fully saturated rings. The van der Waals surface area contributed by atoms with Gasteiger partial charge in [0.1, 0.15) is 0 Å². The van der Waals surface area contributed by atoms with Gasteiger partial charge in [-0.2, -0.15) is 0 Å². The van der Waals surface area contributed by atoms with Gasteiger partial charge in [-0.25, -0.2) is 0 Å². The number of fused-ring (bicyclic) bond motifs is 2. The maximum Gasteiger partial charge on any atom is 0.494 e. The summed E-state index contributed by atoms with van der Waals surface area (Å²) in [4.78, 5) is 0. The number of hydrogen-bond acceptors (Lipinski definition) is 4. The summed E-state index contributed by atoms with van der Waals surface area (Å²) in [5.41, 5.74) is 0.943. The molecular weight excluding hydrogens is 313 g/mol. The lowest BCUT2D eigenvalue weighted by atomic mass is 9.76. The molecule has 3 heterocycles. The number of benzene rings is 1. The van der Waals surface area contributed by atoms with Crippen molar-refractivity contribution >= 4 is 12.6 Å². The molecule has 2 bridgehead atoms. The van der Waals surface area contributed by atoms with Gasteiger partial charge >= 0.3 is 7.12 Å². The van der Waals surface area contributed by atoms with E-state index in [1.54, 1.807) is 0 Å². The van der Waals surface area contributed by atoms with Crippen LogP contribution in [0, 0.1) is 0 Å². The Morgan fingerprint density at radius 3 is 2.28 bits per heavy atom. The van der Waals surface area contributed by atoms with Crippen molar-refractivity contribution in [3.05, 3.63) is 29.8 Å². The number of piperidine rings is 1. The topological polar surface area (TPSA) is 50.7 Å². The van der Waals surface area contributed by atoms with E-state index >= 15 is 0 Å².